The minimum absolute atomic E-state index is 0.816. The van der Waals surface area contributed by atoms with E-state index in [1.807, 2.05) is 0 Å². The third-order valence-corrected chi connectivity index (χ3v) is 1.94. The Morgan fingerprint density at radius 3 is 3.15 bits per heavy atom. The zero-order chi connectivity index (χ0) is 21.1. The van der Waals surface area contributed by atoms with Gasteiger partial charge in [0.15, 0.2) is 0 Å². The number of hydrogen-bond donors (Lipinski definition) is 0. The first-order valence-corrected chi connectivity index (χ1v) is 3.75. The fourth-order valence-electron chi connectivity index (χ4n) is 1.31. The molecule has 0 radical (unpaired) electrons. The second-order valence-electron chi connectivity index (χ2n) is 2.75. The van der Waals surface area contributed by atoms with Crippen LogP contribution in [0.25, 0.3) is 0 Å². The van der Waals surface area contributed by atoms with E-state index in [0.717, 1.165) is 0 Å². The predicted octanol–water partition coefficient (Wildman–Crippen LogP) is 3.29. The van der Waals surface area contributed by atoms with Crippen LogP contribution in [0, 0.1) is 5.89 Å². The maximum atomic E-state index is 8.38. The van der Waals surface area contributed by atoms with Gasteiger partial charge in [0.1, 0.15) is 0 Å². The van der Waals surface area contributed by atoms with Crippen molar-refractivity contribution >= 4 is 0 Å². The van der Waals surface area contributed by atoms with E-state index in [0.29, 0.717) is 0 Å². The third kappa shape index (κ3) is 0.980. The number of hydrogen-bond acceptors (Lipinski definition) is 0. The average molecular weight is 184 g/mol. The van der Waals surface area contributed by atoms with Gasteiger partial charge < -0.3 is 0 Å². The average Bonchev–Trinajstić information content (AvgIpc) is 2.73. The SMILES string of the molecule is [2H]C1=C([2H])C2(c3c([2H])c([2H])c([2H])c([2H])c3[2H])C([2H])([2H])C([2H])([2H])C1([2H])C2([2H])[2H]. The minimum Gasteiger partial charge on any atom is -0.0845 e. The molecule has 0 nitrogen and oxygen atoms in total. The van der Waals surface area contributed by atoms with E-state index in [9.17, 15) is 0 Å². The van der Waals surface area contributed by atoms with Gasteiger partial charge in [0.25, 0.3) is 0 Å². The van der Waals surface area contributed by atoms with Gasteiger partial charge >= 0.3 is 0 Å². The molecule has 0 N–H and O–H groups in total. The Labute approximate surface area is 99.0 Å². The third-order valence-electron chi connectivity index (χ3n) is 1.94. The van der Waals surface area contributed by atoms with Crippen molar-refractivity contribution in [1.82, 2.24) is 0 Å². The highest BCUT2D eigenvalue weighted by Gasteiger charge is 2.41. The van der Waals surface area contributed by atoms with Gasteiger partial charge in [-0.15, -0.1) is 0 Å². The van der Waals surface area contributed by atoms with E-state index < -0.39 is 78.3 Å². The van der Waals surface area contributed by atoms with Crippen molar-refractivity contribution in [2.24, 2.45) is 5.89 Å². The molecule has 1 aromatic carbocycles. The summed E-state index contributed by atoms with van der Waals surface area (Å²) in [4.78, 5) is 0. The number of benzene rings is 1. The maximum Gasteiger partial charge on any atom is 0.0626 e. The van der Waals surface area contributed by atoms with Gasteiger partial charge in [0, 0.05) is 15.0 Å². The molecule has 0 saturated heterocycles. The zero-order valence-electron chi connectivity index (χ0n) is 20.5. The van der Waals surface area contributed by atoms with Gasteiger partial charge in [0.05, 0.1) is 9.60 Å². The molecule has 2 bridgehead atoms. The van der Waals surface area contributed by atoms with Crippen LogP contribution in [-0.4, -0.2) is 0 Å². The smallest absolute Gasteiger partial charge is 0.0626 e. The van der Waals surface area contributed by atoms with Crippen molar-refractivity contribution in [2.75, 3.05) is 0 Å². The Morgan fingerprint density at radius 1 is 1.46 bits per heavy atom. The summed E-state index contributed by atoms with van der Waals surface area (Å²) in [6, 6.07) is -6.81. The molecule has 2 unspecified atom stereocenters. The molecular formula is C13H14. The van der Waals surface area contributed by atoms with E-state index in [2.05, 4.69) is 0 Å². The first-order chi connectivity index (χ1) is 12.0. The van der Waals surface area contributed by atoms with Crippen molar-refractivity contribution in [3.05, 3.63) is 47.9 Å². The van der Waals surface area contributed by atoms with Crippen LogP contribution in [0.3, 0.4) is 0 Å². The predicted molar refractivity (Wildman–Crippen MR) is 54.6 cm³/mol. The fourth-order valence-corrected chi connectivity index (χ4v) is 1.31. The van der Waals surface area contributed by atoms with Crippen LogP contribution < -0.4 is 0 Å². The Kier molecular flexibility index (Phi) is 0.350. The summed E-state index contributed by atoms with van der Waals surface area (Å²) in [5.74, 6) is -3.14. The molecule has 1 aromatic rings. The fraction of sp³-hybridized carbons (Fsp3) is 0.385. The van der Waals surface area contributed by atoms with Crippen LogP contribution in [0.1, 0.15) is 43.9 Å². The van der Waals surface area contributed by atoms with Gasteiger partial charge in [-0.25, -0.2) is 0 Å². The lowest BCUT2D eigenvalue weighted by atomic mass is 9.80. The molecule has 0 spiro atoms. The molecule has 0 heterocycles. The maximum absolute atomic E-state index is 8.38. The highest BCUT2D eigenvalue weighted by Crippen LogP contribution is 2.50. The monoisotopic (exact) mass is 184 g/mol. The first-order valence-electron chi connectivity index (χ1n) is 10.8. The van der Waals surface area contributed by atoms with E-state index in [4.69, 9.17) is 19.2 Å². The summed E-state index contributed by atoms with van der Waals surface area (Å²) >= 11 is 0. The van der Waals surface area contributed by atoms with Crippen LogP contribution in [0.5, 0.6) is 0 Å². The van der Waals surface area contributed by atoms with Crippen LogP contribution in [-0.2, 0) is 5.41 Å². The summed E-state index contributed by atoms with van der Waals surface area (Å²) in [5, 5.41) is 0. The lowest BCUT2D eigenvalue weighted by Crippen LogP contribution is -2.16. The van der Waals surface area contributed by atoms with Crippen LogP contribution in [0.15, 0.2) is 42.3 Å². The zero-order valence-corrected chi connectivity index (χ0v) is 6.50. The lowest BCUT2D eigenvalue weighted by Gasteiger charge is -2.23. The van der Waals surface area contributed by atoms with Gasteiger partial charge in [0.2, 0.25) is 0 Å². The summed E-state index contributed by atoms with van der Waals surface area (Å²) in [6.45, 7) is 0. The summed E-state index contributed by atoms with van der Waals surface area (Å²) < 4.78 is 113. The summed E-state index contributed by atoms with van der Waals surface area (Å²) in [7, 11) is 0. The van der Waals surface area contributed by atoms with Gasteiger partial charge in [-0.05, 0) is 30.6 Å². The molecular weight excluding hydrogens is 156 g/mol. The largest absolute Gasteiger partial charge is 0.0845 e. The molecule has 2 aliphatic carbocycles. The topological polar surface area (TPSA) is 0 Å². The number of allylic oxidation sites excluding steroid dienone is 2. The van der Waals surface area contributed by atoms with Crippen LogP contribution >= 0.6 is 0 Å². The molecule has 0 aliphatic heterocycles. The van der Waals surface area contributed by atoms with Crippen molar-refractivity contribution in [2.45, 2.75) is 24.5 Å². The van der Waals surface area contributed by atoms with Gasteiger partial charge in [-0.1, -0.05) is 42.3 Å². The van der Waals surface area contributed by atoms with Gasteiger partial charge in [-0.2, -0.15) is 0 Å². The van der Waals surface area contributed by atoms with Crippen LogP contribution in [0.4, 0.5) is 0 Å². The Hall–Kier alpha value is -1.04. The first kappa shape index (κ1) is 1.84. The van der Waals surface area contributed by atoms with Crippen LogP contribution in [0.2, 0.25) is 0 Å². The summed E-state index contributed by atoms with van der Waals surface area (Å²) in [5.41, 5.74) is -4.01. The van der Waals surface area contributed by atoms with Crippen molar-refractivity contribution in [3.8, 4) is 0 Å². The highest BCUT2D eigenvalue weighted by molar-refractivity contribution is 5.36. The second kappa shape index (κ2) is 2.47. The van der Waals surface area contributed by atoms with Crippen molar-refractivity contribution in [1.29, 1.82) is 0 Å². The molecule has 13 heavy (non-hydrogen) atoms. The van der Waals surface area contributed by atoms with Crippen molar-refractivity contribution < 1.29 is 19.2 Å². The molecule has 2 aliphatic rings. The minimum atomic E-state index is -3.35. The molecule has 0 amide bonds. The number of rotatable bonds is 1. The highest BCUT2D eigenvalue weighted by atomic mass is 14.4. The summed E-state index contributed by atoms with van der Waals surface area (Å²) in [6.07, 6.45) is -9.93. The Bertz CT molecular complexity index is 885. The molecule has 0 heteroatoms. The second-order valence-corrected chi connectivity index (χ2v) is 2.75. The molecule has 0 aromatic heterocycles. The molecule has 2 atom stereocenters. The van der Waals surface area contributed by atoms with Crippen molar-refractivity contribution in [3.63, 3.8) is 0 Å². The van der Waals surface area contributed by atoms with E-state index >= 15 is 0 Å². The number of fused-ring (bicyclic) bond motifs is 2. The quantitative estimate of drug-likeness (QED) is 0.587. The van der Waals surface area contributed by atoms with E-state index in [1.165, 1.54) is 0 Å². The van der Waals surface area contributed by atoms with E-state index in [1.54, 1.807) is 0 Å². The Morgan fingerprint density at radius 2 is 2.31 bits per heavy atom. The molecule has 66 valence electrons. The Balaban J connectivity index is 2.65. The standard InChI is InChI=1S/C13H14/c1-2-4-12(5-3-1)13-8-6-11(10-13)7-9-13/h1-6,8,11H,7,9-10H2/i1D,2D,3D,4D,5D,6D,7D2,8D,9D2,10D2,11D. The lowest BCUT2D eigenvalue weighted by molar-refractivity contribution is 0.567. The molecule has 3 rings (SSSR count). The van der Waals surface area contributed by atoms with E-state index in [-0.39, 0.29) is 0 Å². The van der Waals surface area contributed by atoms with Gasteiger partial charge in [-0.3, -0.25) is 0 Å². The normalized spacial score (nSPS) is 69.8. The molecule has 1 fully saturated rings. The molecule has 1 saturated carbocycles.